The number of aromatic nitrogens is 2. The third-order valence-electron chi connectivity index (χ3n) is 3.83. The summed E-state index contributed by atoms with van der Waals surface area (Å²) in [6, 6.07) is 0.226. The van der Waals surface area contributed by atoms with Gasteiger partial charge in [-0.1, -0.05) is 31.6 Å². The molecular weight excluding hydrogens is 248 g/mol. The Balaban J connectivity index is 2.00. The molecule has 6 heteroatoms. The zero-order chi connectivity index (χ0) is 13.1. The standard InChI is InChI=1S/C12H20N4OS/c1-8-5-4-6-9(2)10(8)16(3)12(17)14-11-15-13-7-18-11/h7-10H,4-6H2,1-3H3,(H,14,15,17)/t8-,9-/m1/s1. The number of carbonyl (C=O) groups excluding carboxylic acids is 1. The van der Waals surface area contributed by atoms with Crippen molar-refractivity contribution in [3.63, 3.8) is 0 Å². The van der Waals surface area contributed by atoms with Crippen molar-refractivity contribution in [3.05, 3.63) is 5.51 Å². The molecular formula is C12H20N4OS. The van der Waals surface area contributed by atoms with Gasteiger partial charge in [-0.3, -0.25) is 5.32 Å². The minimum atomic E-state index is -0.0858. The highest BCUT2D eigenvalue weighted by Crippen LogP contribution is 2.32. The van der Waals surface area contributed by atoms with Crippen molar-refractivity contribution >= 4 is 22.5 Å². The Morgan fingerprint density at radius 2 is 2.11 bits per heavy atom. The number of nitrogens with zero attached hydrogens (tertiary/aromatic N) is 3. The van der Waals surface area contributed by atoms with Crippen molar-refractivity contribution < 1.29 is 4.79 Å². The van der Waals surface area contributed by atoms with Crippen LogP contribution >= 0.6 is 11.3 Å². The zero-order valence-electron chi connectivity index (χ0n) is 11.1. The molecule has 1 aliphatic rings. The highest BCUT2D eigenvalue weighted by Gasteiger charge is 2.33. The fraction of sp³-hybridized carbons (Fsp3) is 0.750. The Kier molecular flexibility index (Phi) is 4.16. The van der Waals surface area contributed by atoms with Crippen molar-refractivity contribution in [2.24, 2.45) is 11.8 Å². The largest absolute Gasteiger partial charge is 0.324 e. The van der Waals surface area contributed by atoms with E-state index in [0.29, 0.717) is 23.0 Å². The van der Waals surface area contributed by atoms with Gasteiger partial charge >= 0.3 is 6.03 Å². The number of nitrogens with one attached hydrogen (secondary N) is 1. The Labute approximate surface area is 112 Å². The van der Waals surface area contributed by atoms with Crippen LogP contribution in [-0.2, 0) is 0 Å². The van der Waals surface area contributed by atoms with Crippen LogP contribution in [0.5, 0.6) is 0 Å². The SMILES string of the molecule is C[C@@H]1CCC[C@@H](C)C1N(C)C(=O)Nc1nncs1. The van der Waals surface area contributed by atoms with Crippen LogP contribution in [-0.4, -0.2) is 34.2 Å². The van der Waals surface area contributed by atoms with Gasteiger partial charge in [0.2, 0.25) is 5.13 Å². The number of amides is 2. The summed E-state index contributed by atoms with van der Waals surface area (Å²) < 4.78 is 0. The second-order valence-corrected chi connectivity index (χ2v) is 5.99. The quantitative estimate of drug-likeness (QED) is 0.897. The molecule has 0 bridgehead atoms. The van der Waals surface area contributed by atoms with Crippen LogP contribution in [0.25, 0.3) is 0 Å². The molecule has 1 fully saturated rings. The van der Waals surface area contributed by atoms with Crippen LogP contribution in [0, 0.1) is 11.8 Å². The average molecular weight is 268 g/mol. The van der Waals surface area contributed by atoms with Crippen LogP contribution < -0.4 is 5.32 Å². The first-order valence-electron chi connectivity index (χ1n) is 6.39. The summed E-state index contributed by atoms with van der Waals surface area (Å²) in [7, 11) is 1.87. The summed E-state index contributed by atoms with van der Waals surface area (Å²) in [6.45, 7) is 4.46. The normalized spacial score (nSPS) is 24.8. The van der Waals surface area contributed by atoms with Gasteiger partial charge < -0.3 is 4.90 Å². The van der Waals surface area contributed by atoms with E-state index in [1.165, 1.54) is 30.6 Å². The van der Waals surface area contributed by atoms with E-state index in [4.69, 9.17) is 0 Å². The molecule has 0 aromatic carbocycles. The van der Waals surface area contributed by atoms with Gasteiger partial charge in [0.1, 0.15) is 5.51 Å². The van der Waals surface area contributed by atoms with Crippen molar-refractivity contribution in [2.75, 3.05) is 12.4 Å². The van der Waals surface area contributed by atoms with Gasteiger partial charge in [-0.2, -0.15) is 0 Å². The lowest BCUT2D eigenvalue weighted by Gasteiger charge is -2.40. The molecule has 100 valence electrons. The van der Waals surface area contributed by atoms with Crippen molar-refractivity contribution in [2.45, 2.75) is 39.2 Å². The second-order valence-electron chi connectivity index (χ2n) is 5.16. The van der Waals surface area contributed by atoms with E-state index < -0.39 is 0 Å². The molecule has 2 amide bonds. The zero-order valence-corrected chi connectivity index (χ0v) is 11.9. The third kappa shape index (κ3) is 2.80. The number of hydrogen-bond donors (Lipinski definition) is 1. The number of carbonyl (C=O) groups is 1. The van der Waals surface area contributed by atoms with Crippen LogP contribution in [0.1, 0.15) is 33.1 Å². The Hall–Kier alpha value is -1.17. The van der Waals surface area contributed by atoms with Gasteiger partial charge in [0, 0.05) is 13.1 Å². The van der Waals surface area contributed by atoms with E-state index in [0.717, 1.165) is 0 Å². The summed E-state index contributed by atoms with van der Waals surface area (Å²) in [4.78, 5) is 14.0. The molecule has 0 saturated heterocycles. The lowest BCUT2D eigenvalue weighted by Crippen LogP contribution is -2.48. The summed E-state index contributed by atoms with van der Waals surface area (Å²) in [6.07, 6.45) is 3.67. The van der Waals surface area contributed by atoms with E-state index in [1.54, 1.807) is 5.51 Å². The molecule has 1 heterocycles. The molecule has 0 unspecified atom stereocenters. The molecule has 1 aromatic rings. The van der Waals surface area contributed by atoms with Gasteiger partial charge in [-0.15, -0.1) is 10.2 Å². The molecule has 1 N–H and O–H groups in total. The molecule has 18 heavy (non-hydrogen) atoms. The van der Waals surface area contributed by atoms with Crippen molar-refractivity contribution in [1.29, 1.82) is 0 Å². The molecule has 0 aliphatic heterocycles. The molecule has 0 spiro atoms. The van der Waals surface area contributed by atoms with E-state index in [-0.39, 0.29) is 6.03 Å². The maximum atomic E-state index is 12.2. The molecule has 1 aromatic heterocycles. The maximum Gasteiger partial charge on any atom is 0.323 e. The number of urea groups is 1. The summed E-state index contributed by atoms with van der Waals surface area (Å²) in [5.41, 5.74) is 1.61. The maximum absolute atomic E-state index is 12.2. The number of rotatable bonds is 2. The summed E-state index contributed by atoms with van der Waals surface area (Å²) in [5, 5.41) is 10.9. The highest BCUT2D eigenvalue weighted by atomic mass is 32.1. The third-order valence-corrected chi connectivity index (χ3v) is 4.43. The van der Waals surface area contributed by atoms with Crippen LogP contribution in [0.3, 0.4) is 0 Å². The van der Waals surface area contributed by atoms with Gasteiger partial charge in [-0.25, -0.2) is 4.79 Å². The van der Waals surface area contributed by atoms with Crippen LogP contribution in [0.4, 0.5) is 9.93 Å². The molecule has 2 atom stereocenters. The monoisotopic (exact) mass is 268 g/mol. The van der Waals surface area contributed by atoms with Crippen molar-refractivity contribution in [3.8, 4) is 0 Å². The molecule has 2 rings (SSSR count). The minimum Gasteiger partial charge on any atom is -0.324 e. The van der Waals surface area contributed by atoms with Gasteiger partial charge in [0.05, 0.1) is 0 Å². The van der Waals surface area contributed by atoms with Crippen LogP contribution in [0.2, 0.25) is 0 Å². The van der Waals surface area contributed by atoms with E-state index in [2.05, 4.69) is 29.4 Å². The van der Waals surface area contributed by atoms with E-state index >= 15 is 0 Å². The highest BCUT2D eigenvalue weighted by molar-refractivity contribution is 7.13. The molecule has 5 nitrogen and oxygen atoms in total. The average Bonchev–Trinajstić information content (AvgIpc) is 2.81. The molecule has 0 radical (unpaired) electrons. The fourth-order valence-electron chi connectivity index (χ4n) is 2.97. The molecule has 1 aliphatic carbocycles. The van der Waals surface area contributed by atoms with Crippen LogP contribution in [0.15, 0.2) is 5.51 Å². The van der Waals surface area contributed by atoms with E-state index in [1.807, 2.05) is 11.9 Å². The second kappa shape index (κ2) is 5.65. The van der Waals surface area contributed by atoms with Crippen molar-refractivity contribution in [1.82, 2.24) is 15.1 Å². The fourth-order valence-corrected chi connectivity index (χ4v) is 3.40. The Morgan fingerprint density at radius 3 is 2.67 bits per heavy atom. The Bertz CT molecular complexity index is 385. The topological polar surface area (TPSA) is 58.1 Å². The summed E-state index contributed by atoms with van der Waals surface area (Å²) in [5.74, 6) is 1.11. The van der Waals surface area contributed by atoms with Gasteiger partial charge in [-0.05, 0) is 24.7 Å². The molecule has 1 saturated carbocycles. The van der Waals surface area contributed by atoms with Gasteiger partial charge in [0.15, 0.2) is 0 Å². The Morgan fingerprint density at radius 1 is 1.44 bits per heavy atom. The number of anilines is 1. The minimum absolute atomic E-state index is 0.0858. The smallest absolute Gasteiger partial charge is 0.323 e. The first-order chi connectivity index (χ1) is 8.59. The number of hydrogen-bond acceptors (Lipinski definition) is 4. The summed E-state index contributed by atoms with van der Waals surface area (Å²) >= 11 is 1.34. The predicted octanol–water partition coefficient (Wildman–Crippen LogP) is 2.83. The first kappa shape index (κ1) is 13.3. The lowest BCUT2D eigenvalue weighted by atomic mass is 9.78. The van der Waals surface area contributed by atoms with Gasteiger partial charge in [0.25, 0.3) is 0 Å². The van der Waals surface area contributed by atoms with E-state index in [9.17, 15) is 4.79 Å². The predicted molar refractivity (Wildman–Crippen MR) is 72.7 cm³/mol. The first-order valence-corrected chi connectivity index (χ1v) is 7.27. The lowest BCUT2D eigenvalue weighted by molar-refractivity contribution is 0.115.